The summed E-state index contributed by atoms with van der Waals surface area (Å²) >= 11 is 0. The molecule has 3 aromatic rings. The van der Waals surface area contributed by atoms with Gasteiger partial charge in [0.15, 0.2) is 0 Å². The van der Waals surface area contributed by atoms with Gasteiger partial charge in [0.25, 0.3) is 0 Å². The van der Waals surface area contributed by atoms with Crippen LogP contribution in [0.3, 0.4) is 0 Å². The molecule has 0 atom stereocenters. The molecule has 1 aliphatic rings. The summed E-state index contributed by atoms with van der Waals surface area (Å²) in [4.78, 5) is 17.2. The lowest BCUT2D eigenvalue weighted by Crippen LogP contribution is -2.51. The first-order valence-corrected chi connectivity index (χ1v) is 13.1. The first-order valence-electron chi connectivity index (χ1n) is 11.6. The molecule has 0 saturated carbocycles. The van der Waals surface area contributed by atoms with Gasteiger partial charge in [-0.1, -0.05) is 47.5 Å². The number of aryl methyl sites for hydroxylation is 2. The minimum absolute atomic E-state index is 0.110. The fraction of sp³-hybridized carbons (Fsp3) is 0.296. The summed E-state index contributed by atoms with van der Waals surface area (Å²) in [6, 6.07) is 20.6. The number of sulfonamides is 1. The van der Waals surface area contributed by atoms with Crippen molar-refractivity contribution in [3.63, 3.8) is 0 Å². The lowest BCUT2D eigenvalue weighted by atomic mass is 10.1. The average Bonchev–Trinajstić information content (AvgIpc) is 2.84. The van der Waals surface area contributed by atoms with Crippen molar-refractivity contribution in [2.24, 2.45) is 0 Å². The molecule has 1 amide bonds. The van der Waals surface area contributed by atoms with Gasteiger partial charge in [0, 0.05) is 38.4 Å². The van der Waals surface area contributed by atoms with E-state index in [1.54, 1.807) is 41.3 Å². The van der Waals surface area contributed by atoms with Gasteiger partial charge in [0.1, 0.15) is 5.82 Å². The SMILES string of the molecule is Cc1ccc(S(=O)(=O)N(CC(=O)N2CCN(c3ccc(F)cc3)CC2)Cc2cccc(C)c2)cc1. The largest absolute Gasteiger partial charge is 0.368 e. The van der Waals surface area contributed by atoms with Crippen LogP contribution in [-0.4, -0.2) is 56.3 Å². The Hall–Kier alpha value is -3.23. The highest BCUT2D eigenvalue weighted by atomic mass is 32.2. The molecule has 3 aromatic carbocycles. The second kappa shape index (κ2) is 10.6. The summed E-state index contributed by atoms with van der Waals surface area (Å²) in [5, 5.41) is 0. The Morgan fingerprint density at radius 2 is 1.54 bits per heavy atom. The van der Waals surface area contributed by atoms with Crippen molar-refractivity contribution >= 4 is 21.6 Å². The highest BCUT2D eigenvalue weighted by Crippen LogP contribution is 2.21. The van der Waals surface area contributed by atoms with Crippen LogP contribution in [0.1, 0.15) is 16.7 Å². The molecule has 0 aromatic heterocycles. The van der Waals surface area contributed by atoms with Gasteiger partial charge in [-0.25, -0.2) is 12.8 Å². The summed E-state index contributed by atoms with van der Waals surface area (Å²) in [5.41, 5.74) is 3.72. The number of nitrogens with zero attached hydrogens (tertiary/aromatic N) is 3. The molecule has 6 nitrogen and oxygen atoms in total. The molecule has 0 radical (unpaired) electrons. The van der Waals surface area contributed by atoms with E-state index in [4.69, 9.17) is 0 Å². The first kappa shape index (κ1) is 24.9. The predicted octanol–water partition coefficient (Wildman–Crippen LogP) is 3.98. The third kappa shape index (κ3) is 6.07. The van der Waals surface area contributed by atoms with Crippen LogP contribution >= 0.6 is 0 Å². The van der Waals surface area contributed by atoms with E-state index in [2.05, 4.69) is 4.90 Å². The number of rotatable bonds is 7. The van der Waals surface area contributed by atoms with Crippen LogP contribution in [0, 0.1) is 19.7 Å². The molecule has 1 fully saturated rings. The molecule has 1 saturated heterocycles. The van der Waals surface area contributed by atoms with Crippen LogP contribution in [0.25, 0.3) is 0 Å². The number of hydrogen-bond donors (Lipinski definition) is 0. The predicted molar refractivity (Wildman–Crippen MR) is 135 cm³/mol. The maximum absolute atomic E-state index is 13.5. The van der Waals surface area contributed by atoms with Gasteiger partial charge in [-0.2, -0.15) is 4.31 Å². The van der Waals surface area contributed by atoms with Crippen molar-refractivity contribution < 1.29 is 17.6 Å². The molecule has 0 unspecified atom stereocenters. The van der Waals surface area contributed by atoms with Crippen LogP contribution in [0.15, 0.2) is 77.7 Å². The molecule has 0 aliphatic carbocycles. The van der Waals surface area contributed by atoms with Gasteiger partial charge in [-0.15, -0.1) is 0 Å². The summed E-state index contributed by atoms with van der Waals surface area (Å²) in [6.45, 7) is 5.86. The minimum Gasteiger partial charge on any atom is -0.368 e. The van der Waals surface area contributed by atoms with Crippen LogP contribution in [-0.2, 0) is 21.4 Å². The maximum Gasteiger partial charge on any atom is 0.243 e. The number of halogens is 1. The van der Waals surface area contributed by atoms with Gasteiger partial charge in [-0.3, -0.25) is 4.79 Å². The van der Waals surface area contributed by atoms with E-state index in [1.165, 1.54) is 16.4 Å². The number of benzene rings is 3. The number of amides is 1. The molecule has 35 heavy (non-hydrogen) atoms. The van der Waals surface area contributed by atoms with Gasteiger partial charge in [0.05, 0.1) is 11.4 Å². The molecule has 0 bridgehead atoms. The number of hydrogen-bond acceptors (Lipinski definition) is 4. The third-order valence-corrected chi connectivity index (χ3v) is 8.04. The first-order chi connectivity index (χ1) is 16.7. The van der Waals surface area contributed by atoms with Gasteiger partial charge < -0.3 is 9.80 Å². The van der Waals surface area contributed by atoms with E-state index in [-0.39, 0.29) is 29.7 Å². The highest BCUT2D eigenvalue weighted by Gasteiger charge is 2.30. The van der Waals surface area contributed by atoms with Crippen LogP contribution in [0.2, 0.25) is 0 Å². The van der Waals surface area contributed by atoms with E-state index in [0.717, 1.165) is 22.4 Å². The van der Waals surface area contributed by atoms with Crippen molar-refractivity contribution in [3.05, 3.63) is 95.3 Å². The average molecular weight is 496 g/mol. The molecule has 1 heterocycles. The third-order valence-electron chi connectivity index (χ3n) is 6.24. The summed E-state index contributed by atoms with van der Waals surface area (Å²) in [7, 11) is -3.88. The van der Waals surface area contributed by atoms with Crippen LogP contribution < -0.4 is 4.90 Å². The maximum atomic E-state index is 13.5. The zero-order valence-corrected chi connectivity index (χ0v) is 20.8. The normalized spacial score (nSPS) is 14.4. The summed E-state index contributed by atoms with van der Waals surface area (Å²) < 4.78 is 41.6. The van der Waals surface area contributed by atoms with Crippen LogP contribution in [0.4, 0.5) is 10.1 Å². The molecule has 8 heteroatoms. The molecular formula is C27H30FN3O3S. The van der Waals surface area contributed by atoms with Crippen molar-refractivity contribution in [1.82, 2.24) is 9.21 Å². The van der Waals surface area contributed by atoms with Gasteiger partial charge >= 0.3 is 0 Å². The zero-order chi connectivity index (χ0) is 25.0. The fourth-order valence-corrected chi connectivity index (χ4v) is 5.59. The molecule has 0 spiro atoms. The van der Waals surface area contributed by atoms with E-state index in [1.807, 2.05) is 38.1 Å². The Balaban J connectivity index is 1.50. The van der Waals surface area contributed by atoms with Crippen molar-refractivity contribution in [3.8, 4) is 0 Å². The van der Waals surface area contributed by atoms with Crippen molar-refractivity contribution in [1.29, 1.82) is 0 Å². The monoisotopic (exact) mass is 495 g/mol. The highest BCUT2D eigenvalue weighted by molar-refractivity contribution is 7.89. The van der Waals surface area contributed by atoms with E-state index in [0.29, 0.717) is 26.2 Å². The standard InChI is InChI=1S/C27H30FN3O3S/c1-21-6-12-26(13-7-21)35(33,34)31(19-23-5-3-4-22(2)18-23)20-27(32)30-16-14-29(15-17-30)25-10-8-24(28)9-11-25/h3-13,18H,14-17,19-20H2,1-2H3. The Morgan fingerprint density at radius 1 is 0.886 bits per heavy atom. The second-order valence-electron chi connectivity index (χ2n) is 8.92. The molecule has 4 rings (SSSR count). The molecular weight excluding hydrogens is 465 g/mol. The lowest BCUT2D eigenvalue weighted by molar-refractivity contribution is -0.131. The molecule has 0 N–H and O–H groups in total. The van der Waals surface area contributed by atoms with E-state index in [9.17, 15) is 17.6 Å². The fourth-order valence-electron chi connectivity index (χ4n) is 4.22. The summed E-state index contributed by atoms with van der Waals surface area (Å²) in [5.74, 6) is -0.516. The molecule has 184 valence electrons. The number of anilines is 1. The Labute approximate surface area is 206 Å². The Morgan fingerprint density at radius 3 is 2.17 bits per heavy atom. The Bertz CT molecular complexity index is 1270. The lowest BCUT2D eigenvalue weighted by Gasteiger charge is -2.37. The van der Waals surface area contributed by atoms with E-state index < -0.39 is 10.0 Å². The number of carbonyl (C=O) groups excluding carboxylic acids is 1. The van der Waals surface area contributed by atoms with Gasteiger partial charge in [0.2, 0.25) is 15.9 Å². The second-order valence-corrected chi connectivity index (χ2v) is 10.9. The number of piperazine rings is 1. The number of carbonyl (C=O) groups is 1. The summed E-state index contributed by atoms with van der Waals surface area (Å²) in [6.07, 6.45) is 0. The smallest absolute Gasteiger partial charge is 0.243 e. The van der Waals surface area contributed by atoms with Crippen molar-refractivity contribution in [2.75, 3.05) is 37.6 Å². The quantitative estimate of drug-likeness (QED) is 0.498. The zero-order valence-electron chi connectivity index (χ0n) is 20.0. The van der Waals surface area contributed by atoms with Gasteiger partial charge in [-0.05, 0) is 55.8 Å². The topological polar surface area (TPSA) is 60.9 Å². The van der Waals surface area contributed by atoms with Crippen molar-refractivity contribution in [2.45, 2.75) is 25.3 Å². The minimum atomic E-state index is -3.88. The molecule has 1 aliphatic heterocycles. The Kier molecular flexibility index (Phi) is 7.52. The van der Waals surface area contributed by atoms with Crippen LogP contribution in [0.5, 0.6) is 0 Å². The van der Waals surface area contributed by atoms with E-state index >= 15 is 0 Å².